The first-order valence-corrected chi connectivity index (χ1v) is 18.6. The van der Waals surface area contributed by atoms with Crippen LogP contribution in [-0.4, -0.2) is 43.6 Å². The van der Waals surface area contributed by atoms with Crippen molar-refractivity contribution in [2.24, 2.45) is 23.7 Å². The maximum atomic E-state index is 13.4. The number of terminal acetylenes is 1. The second-order valence-corrected chi connectivity index (χ2v) is 15.2. The van der Waals surface area contributed by atoms with Gasteiger partial charge in [0.2, 0.25) is 23.7 Å². The third kappa shape index (κ3) is 14.2. The van der Waals surface area contributed by atoms with E-state index in [2.05, 4.69) is 96.8 Å². The number of carbonyl (C=O) groups is 2. The minimum Gasteiger partial charge on any atom is -0.349 e. The normalized spacial score (nSPS) is 16.5. The van der Waals surface area contributed by atoms with Crippen LogP contribution in [0.25, 0.3) is 22.1 Å². The highest BCUT2D eigenvalue weighted by Crippen LogP contribution is 2.37. The van der Waals surface area contributed by atoms with E-state index in [1.54, 1.807) is 0 Å². The second-order valence-electron chi connectivity index (χ2n) is 15.2. The molecule has 2 saturated carbocycles. The largest absolute Gasteiger partial charge is 0.349 e. The lowest BCUT2D eigenvalue weighted by molar-refractivity contribution is -0.130. The summed E-state index contributed by atoms with van der Waals surface area (Å²) in [4.78, 5) is 40.2. The Morgan fingerprint density at radius 1 is 0.685 bits per heavy atom. The van der Waals surface area contributed by atoms with Crippen LogP contribution in [0.1, 0.15) is 116 Å². The number of benzene rings is 2. The van der Waals surface area contributed by atoms with E-state index in [1.165, 1.54) is 0 Å². The van der Waals surface area contributed by atoms with Crippen LogP contribution in [0, 0.1) is 48.4 Å². The molecule has 2 aliphatic rings. The molecule has 0 aliphatic heterocycles. The zero-order valence-corrected chi connectivity index (χ0v) is 32.2. The minimum atomic E-state index is -2.67. The van der Waals surface area contributed by atoms with E-state index in [0.29, 0.717) is 11.6 Å². The number of H-pyrrole nitrogens is 2. The van der Waals surface area contributed by atoms with Gasteiger partial charge in [-0.3, -0.25) is 9.59 Å². The highest BCUT2D eigenvalue weighted by Gasteiger charge is 2.38. The van der Waals surface area contributed by atoms with Crippen molar-refractivity contribution in [1.29, 1.82) is 0 Å². The molecule has 2 aromatic carbocycles. The number of hydrogen-bond donors (Lipinski definition) is 4. The Morgan fingerprint density at radius 2 is 1.00 bits per heavy atom. The molecule has 2 aromatic heterocycles. The molecule has 4 aromatic rings. The van der Waals surface area contributed by atoms with Crippen LogP contribution in [-0.2, 0) is 22.7 Å². The number of imidazole rings is 2. The van der Waals surface area contributed by atoms with Gasteiger partial charge in [-0.1, -0.05) is 53.4 Å². The van der Waals surface area contributed by atoms with Gasteiger partial charge >= 0.3 is 0 Å². The quantitative estimate of drug-likeness (QED) is 0.116. The Kier molecular flexibility index (Phi) is 16.1. The number of fused-ring (bicyclic) bond motifs is 2. The van der Waals surface area contributed by atoms with E-state index < -0.39 is 23.7 Å². The van der Waals surface area contributed by atoms with Crippen LogP contribution >= 0.6 is 0 Å². The average molecular weight is 751 g/mol. The molecule has 0 bridgehead atoms. The number of carbonyl (C=O) groups excluding carboxylic acids is 2. The third-order valence-electron chi connectivity index (χ3n) is 8.45. The fraction of sp³-hybridized carbons (Fsp3) is 0.524. The topological polar surface area (TPSA) is 116 Å². The summed E-state index contributed by atoms with van der Waals surface area (Å²) in [6.07, 6.45) is 7.69. The number of halogens is 4. The van der Waals surface area contributed by atoms with Gasteiger partial charge < -0.3 is 20.6 Å². The molecular formula is C42H54F4N6O2. The standard InChI is InChI=1S/C32H32F4N6O2.2C4H10.C2H2/c33-31(34)11-7-21(8-12-31)29(43)37-17-27-39-23-5-3-19(15-25(23)41-27)1-2-20-4-6-24-26(16-20)42-28(40-24)18-38-30(44)22-9-13-32(35,36)14-10-22;2*1-4(2)3;1-2/h3-6,15-16,21-22H,7-14,17-18H2,(H,37,43)(H,38,44)(H,39,41)(H,40,42);2*4H,1-3H3;1-2H. The van der Waals surface area contributed by atoms with Gasteiger partial charge in [0, 0.05) is 48.6 Å². The van der Waals surface area contributed by atoms with Gasteiger partial charge in [0.05, 0.1) is 35.2 Å². The highest BCUT2D eigenvalue weighted by molar-refractivity contribution is 5.81. The van der Waals surface area contributed by atoms with Crippen molar-refractivity contribution in [2.75, 3.05) is 0 Å². The van der Waals surface area contributed by atoms with Crippen LogP contribution in [0.3, 0.4) is 0 Å². The summed E-state index contributed by atoms with van der Waals surface area (Å²) in [6.45, 7) is 13.4. The molecule has 2 fully saturated rings. The zero-order valence-electron chi connectivity index (χ0n) is 32.2. The second kappa shape index (κ2) is 20.0. The molecule has 54 heavy (non-hydrogen) atoms. The van der Waals surface area contributed by atoms with Gasteiger partial charge in [-0.05, 0) is 73.9 Å². The third-order valence-corrected chi connectivity index (χ3v) is 8.45. The zero-order chi connectivity index (χ0) is 40.1. The van der Waals surface area contributed by atoms with Crippen LogP contribution in [0.15, 0.2) is 36.4 Å². The van der Waals surface area contributed by atoms with Crippen molar-refractivity contribution in [3.63, 3.8) is 0 Å². The van der Waals surface area contributed by atoms with Crippen LogP contribution in [0.5, 0.6) is 0 Å². The van der Waals surface area contributed by atoms with Gasteiger partial charge in [0.25, 0.3) is 0 Å². The van der Waals surface area contributed by atoms with Gasteiger partial charge in [0.15, 0.2) is 0 Å². The lowest BCUT2D eigenvalue weighted by atomic mass is 9.86. The molecular weight excluding hydrogens is 696 g/mol. The molecule has 8 nitrogen and oxygen atoms in total. The van der Waals surface area contributed by atoms with Gasteiger partial charge in [-0.15, -0.1) is 12.8 Å². The van der Waals surface area contributed by atoms with Gasteiger partial charge in [-0.25, -0.2) is 27.5 Å². The van der Waals surface area contributed by atoms with Crippen LogP contribution < -0.4 is 10.6 Å². The molecule has 2 heterocycles. The van der Waals surface area contributed by atoms with E-state index in [1.807, 2.05) is 36.4 Å². The molecule has 2 aliphatic carbocycles. The SMILES string of the molecule is C#C.CC(C)C.CC(C)C.O=C(NCc1nc2ccc(C#Cc3ccc4nc(CNC(=O)C5CCC(F)(F)CC5)[nH]c4c3)cc2[nH]1)C1CCC(F)(F)CC1. The molecule has 292 valence electrons. The molecule has 0 atom stereocenters. The molecule has 0 unspecified atom stereocenters. The van der Waals surface area contributed by atoms with Crippen LogP contribution in [0.2, 0.25) is 0 Å². The van der Waals surface area contributed by atoms with Gasteiger partial charge in [-0.2, -0.15) is 0 Å². The molecule has 0 saturated heterocycles. The number of aromatic amines is 2. The van der Waals surface area contributed by atoms with E-state index in [-0.39, 0.29) is 76.3 Å². The number of aromatic nitrogens is 4. The van der Waals surface area contributed by atoms with Crippen molar-refractivity contribution in [2.45, 2.75) is 118 Å². The van der Waals surface area contributed by atoms with Crippen molar-refractivity contribution in [3.05, 3.63) is 59.2 Å². The first kappa shape index (κ1) is 43.6. The van der Waals surface area contributed by atoms with E-state index in [4.69, 9.17) is 0 Å². The predicted octanol–water partition coefficient (Wildman–Crippen LogP) is 9.30. The van der Waals surface area contributed by atoms with Crippen molar-refractivity contribution in [3.8, 4) is 24.7 Å². The summed E-state index contributed by atoms with van der Waals surface area (Å²) in [5, 5.41) is 5.61. The minimum absolute atomic E-state index is 0.177. The van der Waals surface area contributed by atoms with E-state index >= 15 is 0 Å². The number of nitrogens with zero attached hydrogens (tertiary/aromatic N) is 2. The maximum absolute atomic E-state index is 13.4. The molecule has 12 heteroatoms. The van der Waals surface area contributed by atoms with Crippen molar-refractivity contribution in [1.82, 2.24) is 30.6 Å². The molecule has 4 N–H and O–H groups in total. The summed E-state index contributed by atoms with van der Waals surface area (Å²) < 4.78 is 53.5. The van der Waals surface area contributed by atoms with E-state index in [0.717, 1.165) is 45.0 Å². The Hall–Kier alpha value is -4.84. The number of nitrogens with one attached hydrogen (secondary N) is 4. The predicted molar refractivity (Wildman–Crippen MR) is 207 cm³/mol. The van der Waals surface area contributed by atoms with Crippen molar-refractivity contribution < 1.29 is 27.2 Å². The molecule has 0 radical (unpaired) electrons. The summed E-state index contributed by atoms with van der Waals surface area (Å²) >= 11 is 0. The van der Waals surface area contributed by atoms with Crippen LogP contribution in [0.4, 0.5) is 17.6 Å². The summed E-state index contributed by atoms with van der Waals surface area (Å²) in [7, 11) is 0. The Labute approximate surface area is 316 Å². The Morgan fingerprint density at radius 3 is 1.31 bits per heavy atom. The number of rotatable bonds is 6. The Bertz CT molecular complexity index is 1760. The van der Waals surface area contributed by atoms with E-state index in [9.17, 15) is 27.2 Å². The average Bonchev–Trinajstić information content (AvgIpc) is 3.72. The summed E-state index contributed by atoms with van der Waals surface area (Å²) in [6, 6.07) is 11.1. The molecule has 0 spiro atoms. The maximum Gasteiger partial charge on any atom is 0.248 e. The molecule has 6 rings (SSSR count). The number of amides is 2. The lowest BCUT2D eigenvalue weighted by Crippen LogP contribution is -2.35. The Balaban J connectivity index is 0.000000705. The first-order chi connectivity index (χ1) is 25.5. The smallest absolute Gasteiger partial charge is 0.248 e. The summed E-state index contributed by atoms with van der Waals surface area (Å²) in [5.74, 6) is 2.48. The van der Waals surface area contributed by atoms with Gasteiger partial charge in [0.1, 0.15) is 11.6 Å². The fourth-order valence-corrected chi connectivity index (χ4v) is 5.83. The number of hydrogen-bond acceptors (Lipinski definition) is 4. The highest BCUT2D eigenvalue weighted by atomic mass is 19.3. The van der Waals surface area contributed by atoms with Crippen molar-refractivity contribution >= 4 is 33.9 Å². The molecule has 2 amide bonds. The number of alkyl halides is 4. The monoisotopic (exact) mass is 750 g/mol. The fourth-order valence-electron chi connectivity index (χ4n) is 5.83. The summed E-state index contributed by atoms with van der Waals surface area (Å²) in [5.41, 5.74) is 4.47. The lowest BCUT2D eigenvalue weighted by Gasteiger charge is -2.27. The first-order valence-electron chi connectivity index (χ1n) is 18.6.